The molecule has 0 unspecified atom stereocenters. The molecular formula is C31H42O2. The summed E-state index contributed by atoms with van der Waals surface area (Å²) in [5.74, 6) is -0.312. The molecule has 0 bridgehead atoms. The number of ether oxygens (including phenoxy) is 1. The van der Waals surface area contributed by atoms with Crippen molar-refractivity contribution < 1.29 is 9.53 Å². The van der Waals surface area contributed by atoms with E-state index in [-0.39, 0.29) is 5.97 Å². The van der Waals surface area contributed by atoms with Gasteiger partial charge in [0.1, 0.15) is 0 Å². The minimum atomic E-state index is -0.312. The summed E-state index contributed by atoms with van der Waals surface area (Å²) in [6, 6.07) is 0. The maximum atomic E-state index is 11.3. The zero-order valence-electron chi connectivity index (χ0n) is 21.8. The Labute approximate surface area is 202 Å². The number of carbonyl (C=O) groups excluding carboxylic acids is 1. The molecule has 2 nitrogen and oxygen atoms in total. The van der Waals surface area contributed by atoms with Gasteiger partial charge in [-0.3, -0.25) is 0 Å². The van der Waals surface area contributed by atoms with Crippen LogP contribution in [0.1, 0.15) is 61.3 Å². The third-order valence-electron chi connectivity index (χ3n) is 4.59. The van der Waals surface area contributed by atoms with E-state index in [0.29, 0.717) is 5.57 Å². The number of carbonyl (C=O) groups is 1. The Balaban J connectivity index is 4.67. The van der Waals surface area contributed by atoms with Crippen LogP contribution in [0.2, 0.25) is 0 Å². The Morgan fingerprint density at radius 2 is 1.09 bits per heavy atom. The molecule has 0 spiro atoms. The summed E-state index contributed by atoms with van der Waals surface area (Å²) in [4.78, 5) is 11.3. The molecule has 0 N–H and O–H groups in total. The lowest BCUT2D eigenvalue weighted by molar-refractivity contribution is -0.136. The van der Waals surface area contributed by atoms with Gasteiger partial charge >= 0.3 is 5.97 Å². The second kappa shape index (κ2) is 18.4. The molecule has 2 heteroatoms. The maximum absolute atomic E-state index is 11.3. The van der Waals surface area contributed by atoms with Crippen LogP contribution in [-0.4, -0.2) is 13.1 Å². The van der Waals surface area contributed by atoms with Gasteiger partial charge in [0.25, 0.3) is 0 Å². The van der Waals surface area contributed by atoms with Gasteiger partial charge in [-0.1, -0.05) is 113 Å². The SMILES string of the molecule is COC(=O)/C(C)=C/C=C/C(C)=C/C=C/C=C(C)/C=C/C=C(C)\C=C\C=C(/C)CCC=C(C)C. The number of methoxy groups -OCH3 is 1. The zero-order valence-corrected chi connectivity index (χ0v) is 21.8. The maximum Gasteiger partial charge on any atom is 0.333 e. The zero-order chi connectivity index (χ0) is 25.1. The first-order valence-corrected chi connectivity index (χ1v) is 11.4. The highest BCUT2D eigenvalue weighted by molar-refractivity contribution is 5.87. The van der Waals surface area contributed by atoms with Crippen molar-refractivity contribution in [2.75, 3.05) is 7.11 Å². The molecule has 0 aromatic carbocycles. The fourth-order valence-corrected chi connectivity index (χ4v) is 2.54. The molecular weight excluding hydrogens is 404 g/mol. The Bertz CT molecular complexity index is 916. The summed E-state index contributed by atoms with van der Waals surface area (Å²) in [6.45, 7) is 14.4. The van der Waals surface area contributed by atoms with Crippen LogP contribution in [0.4, 0.5) is 0 Å². The molecule has 0 aliphatic carbocycles. The Hall–Kier alpha value is -3.13. The minimum Gasteiger partial charge on any atom is -0.466 e. The highest BCUT2D eigenvalue weighted by Gasteiger charge is 1.99. The first kappa shape index (κ1) is 29.9. The van der Waals surface area contributed by atoms with Crippen molar-refractivity contribution in [1.29, 1.82) is 0 Å². The summed E-state index contributed by atoms with van der Waals surface area (Å²) in [5.41, 5.74) is 6.82. The number of allylic oxidation sites excluding steroid dienone is 19. The fourth-order valence-electron chi connectivity index (χ4n) is 2.54. The standard InChI is InChI=1S/C31H42O2/c1-25(2)15-11-18-28(5)20-13-22-29(6)21-12-19-26(3)16-9-10-17-27(4)23-14-24-30(7)31(32)33-8/h9-10,12-17,19-24H,11,18H2,1-8H3/b10-9+,19-12+,22-13+,23-14+,26-16+,27-17+,28-20+,29-21-,30-24+. The van der Waals surface area contributed by atoms with Crippen LogP contribution < -0.4 is 0 Å². The molecule has 0 saturated carbocycles. The third-order valence-corrected chi connectivity index (χ3v) is 4.59. The molecule has 0 heterocycles. The van der Waals surface area contributed by atoms with Crippen molar-refractivity contribution in [3.8, 4) is 0 Å². The lowest BCUT2D eigenvalue weighted by Gasteiger charge is -1.96. The van der Waals surface area contributed by atoms with Gasteiger partial charge in [-0.25, -0.2) is 4.79 Å². The monoisotopic (exact) mass is 446 g/mol. The molecule has 0 fully saturated rings. The Morgan fingerprint density at radius 1 is 0.636 bits per heavy atom. The number of rotatable bonds is 12. The van der Waals surface area contributed by atoms with Crippen molar-refractivity contribution in [1.82, 2.24) is 0 Å². The number of hydrogen-bond donors (Lipinski definition) is 0. The smallest absolute Gasteiger partial charge is 0.333 e. The molecule has 0 aliphatic heterocycles. The van der Waals surface area contributed by atoms with Crippen LogP contribution in [0, 0.1) is 0 Å². The molecule has 0 aliphatic rings. The van der Waals surface area contributed by atoms with E-state index in [2.05, 4.69) is 88.0 Å². The molecule has 0 aromatic rings. The largest absolute Gasteiger partial charge is 0.466 e. The lowest BCUT2D eigenvalue weighted by Crippen LogP contribution is -2.00. The number of esters is 1. The lowest BCUT2D eigenvalue weighted by atomic mass is 10.1. The molecule has 0 amide bonds. The average molecular weight is 447 g/mol. The van der Waals surface area contributed by atoms with E-state index in [1.807, 2.05) is 37.3 Å². The van der Waals surface area contributed by atoms with Gasteiger partial charge in [-0.15, -0.1) is 0 Å². The Morgan fingerprint density at radius 3 is 1.58 bits per heavy atom. The second-order valence-electron chi connectivity index (χ2n) is 8.37. The van der Waals surface area contributed by atoms with E-state index >= 15 is 0 Å². The predicted octanol–water partition coefficient (Wildman–Crippen LogP) is 8.86. The van der Waals surface area contributed by atoms with Crippen LogP contribution in [0.15, 0.2) is 119 Å². The summed E-state index contributed by atoms with van der Waals surface area (Å²) in [6.07, 6.45) is 30.9. The summed E-state index contributed by atoms with van der Waals surface area (Å²) in [5, 5.41) is 0. The Kier molecular flexibility index (Phi) is 16.7. The van der Waals surface area contributed by atoms with E-state index in [0.717, 1.165) is 18.4 Å². The summed E-state index contributed by atoms with van der Waals surface area (Å²) < 4.78 is 4.67. The van der Waals surface area contributed by atoms with E-state index in [4.69, 9.17) is 0 Å². The predicted molar refractivity (Wildman–Crippen MR) is 146 cm³/mol. The summed E-state index contributed by atoms with van der Waals surface area (Å²) >= 11 is 0. The van der Waals surface area contributed by atoms with E-state index in [1.165, 1.54) is 29.4 Å². The normalized spacial score (nSPS) is 14.8. The van der Waals surface area contributed by atoms with Crippen LogP contribution in [0.25, 0.3) is 0 Å². The molecule has 33 heavy (non-hydrogen) atoms. The van der Waals surface area contributed by atoms with E-state index < -0.39 is 0 Å². The van der Waals surface area contributed by atoms with Crippen molar-refractivity contribution in [2.24, 2.45) is 0 Å². The average Bonchev–Trinajstić information content (AvgIpc) is 2.75. The van der Waals surface area contributed by atoms with Gasteiger partial charge in [0.05, 0.1) is 7.11 Å². The highest BCUT2D eigenvalue weighted by Crippen LogP contribution is 2.07. The van der Waals surface area contributed by atoms with Crippen molar-refractivity contribution in [3.05, 3.63) is 119 Å². The topological polar surface area (TPSA) is 26.3 Å². The first-order valence-electron chi connectivity index (χ1n) is 11.4. The van der Waals surface area contributed by atoms with Crippen molar-refractivity contribution >= 4 is 5.97 Å². The van der Waals surface area contributed by atoms with Gasteiger partial charge in [-0.05, 0) is 61.3 Å². The number of hydrogen-bond acceptors (Lipinski definition) is 2. The molecule has 0 atom stereocenters. The van der Waals surface area contributed by atoms with Gasteiger partial charge in [-0.2, -0.15) is 0 Å². The molecule has 178 valence electrons. The summed E-state index contributed by atoms with van der Waals surface area (Å²) in [7, 11) is 1.38. The molecule has 0 radical (unpaired) electrons. The highest BCUT2D eigenvalue weighted by atomic mass is 16.5. The van der Waals surface area contributed by atoms with Gasteiger partial charge in [0, 0.05) is 5.57 Å². The van der Waals surface area contributed by atoms with Gasteiger partial charge < -0.3 is 4.74 Å². The quantitative estimate of drug-likeness (QED) is 0.129. The fraction of sp³-hybridized carbons (Fsp3) is 0.323. The van der Waals surface area contributed by atoms with Crippen LogP contribution in [-0.2, 0) is 9.53 Å². The first-order chi connectivity index (χ1) is 15.6. The van der Waals surface area contributed by atoms with Gasteiger partial charge in [0.2, 0.25) is 0 Å². The molecule has 0 rings (SSSR count). The molecule has 0 saturated heterocycles. The van der Waals surface area contributed by atoms with E-state index in [9.17, 15) is 4.79 Å². The molecule has 0 aromatic heterocycles. The van der Waals surface area contributed by atoms with Crippen LogP contribution in [0.5, 0.6) is 0 Å². The van der Waals surface area contributed by atoms with Crippen molar-refractivity contribution in [3.63, 3.8) is 0 Å². The van der Waals surface area contributed by atoms with Crippen LogP contribution >= 0.6 is 0 Å². The van der Waals surface area contributed by atoms with Crippen molar-refractivity contribution in [2.45, 2.75) is 61.3 Å². The third kappa shape index (κ3) is 18.2. The van der Waals surface area contributed by atoms with Gasteiger partial charge in [0.15, 0.2) is 0 Å². The van der Waals surface area contributed by atoms with Crippen LogP contribution in [0.3, 0.4) is 0 Å². The van der Waals surface area contributed by atoms with E-state index in [1.54, 1.807) is 13.0 Å². The second-order valence-corrected chi connectivity index (χ2v) is 8.37. The minimum absolute atomic E-state index is 0.312.